The third-order valence-electron chi connectivity index (χ3n) is 10.0. The quantitative estimate of drug-likeness (QED) is 0.0638. The highest BCUT2D eigenvalue weighted by atomic mass is 16.7. The van der Waals surface area contributed by atoms with Gasteiger partial charge in [-0.05, 0) is 64.1 Å². The van der Waals surface area contributed by atoms with Crippen molar-refractivity contribution in [1.82, 2.24) is 10.2 Å². The second-order valence-corrected chi connectivity index (χ2v) is 18.2. The largest absolute Gasteiger partial charge is 0.489 e. The first-order chi connectivity index (χ1) is 28.3. The van der Waals surface area contributed by atoms with Crippen molar-refractivity contribution in [3.8, 4) is 5.75 Å². The summed E-state index contributed by atoms with van der Waals surface area (Å²) in [5.41, 5.74) is 5.58. The first-order valence-corrected chi connectivity index (χ1v) is 21.2. The number of aliphatic hydroxyl groups is 1. The van der Waals surface area contributed by atoms with Gasteiger partial charge in [0.15, 0.2) is 6.29 Å². The third-order valence-corrected chi connectivity index (χ3v) is 10.0. The average Bonchev–Trinajstić information content (AvgIpc) is 3.22. The van der Waals surface area contributed by atoms with Crippen LogP contribution in [0, 0.1) is 10.8 Å². The number of hydrogen-bond acceptors (Lipinski definition) is 7. The van der Waals surface area contributed by atoms with Gasteiger partial charge >= 0.3 is 0 Å². The van der Waals surface area contributed by atoms with Crippen molar-refractivity contribution in [2.75, 3.05) is 19.8 Å². The lowest BCUT2D eigenvalue weighted by molar-refractivity contribution is -0.185. The molecule has 0 aliphatic rings. The molecule has 0 saturated heterocycles. The van der Waals surface area contributed by atoms with Crippen molar-refractivity contribution in [2.45, 2.75) is 112 Å². The van der Waals surface area contributed by atoms with E-state index in [1.807, 2.05) is 42.5 Å². The van der Waals surface area contributed by atoms with E-state index in [9.17, 15) is 5.11 Å². The second-order valence-electron chi connectivity index (χ2n) is 18.2. The lowest BCUT2D eigenvalue weighted by Gasteiger charge is -2.42. The van der Waals surface area contributed by atoms with Crippen LogP contribution >= 0.6 is 0 Å². The molecule has 0 bridgehead atoms. The Labute approximate surface area is 354 Å². The fourth-order valence-electron chi connectivity index (χ4n) is 7.05. The molecular formula is C52H68N2O5. The molecule has 5 aromatic rings. The van der Waals surface area contributed by atoms with Gasteiger partial charge in [-0.1, -0.05) is 175 Å². The molecule has 7 nitrogen and oxygen atoms in total. The van der Waals surface area contributed by atoms with Gasteiger partial charge in [-0.25, -0.2) is 0 Å². The Morgan fingerprint density at radius 2 is 1.02 bits per heavy atom. The molecule has 4 atom stereocenters. The van der Waals surface area contributed by atoms with Crippen LogP contribution in [0.2, 0.25) is 0 Å². The summed E-state index contributed by atoms with van der Waals surface area (Å²) in [6.07, 6.45) is -0.382. The molecule has 2 N–H and O–H groups in total. The molecule has 0 aromatic heterocycles. The van der Waals surface area contributed by atoms with Crippen LogP contribution in [0.1, 0.15) is 76.3 Å². The molecule has 0 saturated carbocycles. The van der Waals surface area contributed by atoms with Gasteiger partial charge < -0.3 is 29.4 Å². The van der Waals surface area contributed by atoms with Crippen LogP contribution in [-0.4, -0.2) is 60.3 Å². The highest BCUT2D eigenvalue weighted by Gasteiger charge is 2.37. The maximum absolute atomic E-state index is 11.5. The maximum atomic E-state index is 11.5. The highest BCUT2D eigenvalue weighted by Crippen LogP contribution is 2.27. The number of rotatable bonds is 23. The Morgan fingerprint density at radius 1 is 0.559 bits per heavy atom. The van der Waals surface area contributed by atoms with Crippen molar-refractivity contribution < 1.29 is 24.1 Å². The molecule has 0 heterocycles. The molecular weight excluding hydrogens is 733 g/mol. The Balaban J connectivity index is 1.56. The summed E-state index contributed by atoms with van der Waals surface area (Å²) in [6.45, 7) is 18.2. The number of hydrogen-bond donors (Lipinski definition) is 2. The molecule has 0 aliphatic carbocycles. The van der Waals surface area contributed by atoms with Gasteiger partial charge in [0.25, 0.3) is 0 Å². The smallest absolute Gasteiger partial charge is 0.172 e. The van der Waals surface area contributed by atoms with Gasteiger partial charge in [-0.3, -0.25) is 4.90 Å². The van der Waals surface area contributed by atoms with Crippen LogP contribution in [0.25, 0.3) is 0 Å². The molecule has 0 fully saturated rings. The van der Waals surface area contributed by atoms with Crippen LogP contribution in [0.5, 0.6) is 5.75 Å². The molecule has 0 radical (unpaired) electrons. The number of benzene rings is 5. The van der Waals surface area contributed by atoms with Crippen molar-refractivity contribution in [2.24, 2.45) is 10.8 Å². The van der Waals surface area contributed by atoms with Crippen molar-refractivity contribution >= 4 is 0 Å². The van der Waals surface area contributed by atoms with E-state index in [1.165, 1.54) is 11.1 Å². The summed E-state index contributed by atoms with van der Waals surface area (Å²) in [5.74, 6) is 0.810. The summed E-state index contributed by atoms with van der Waals surface area (Å²) >= 11 is 0. The van der Waals surface area contributed by atoms with Crippen LogP contribution < -0.4 is 10.1 Å². The zero-order valence-corrected chi connectivity index (χ0v) is 36.4. The Hall–Kier alpha value is -4.34. The summed E-state index contributed by atoms with van der Waals surface area (Å²) in [7, 11) is 0. The van der Waals surface area contributed by atoms with Crippen LogP contribution in [0.15, 0.2) is 146 Å². The molecule has 0 amide bonds. The SMILES string of the molecule is C[C@@H](NC(CO)[C@@H](OCc1ccccc1)[C@H](Cc1cccc(OCc2ccccc2)c1)N(Cc1ccccc1)Cc1ccccc1)C(OCC(C)(C)C)OCC(C)(C)C. The van der Waals surface area contributed by atoms with Crippen molar-refractivity contribution in [3.63, 3.8) is 0 Å². The Kier molecular flexibility index (Phi) is 17.7. The summed E-state index contributed by atoms with van der Waals surface area (Å²) in [4.78, 5) is 2.51. The van der Waals surface area contributed by atoms with Crippen LogP contribution in [0.4, 0.5) is 0 Å². The molecule has 0 aliphatic heterocycles. The third kappa shape index (κ3) is 16.3. The molecule has 59 heavy (non-hydrogen) atoms. The molecule has 5 aromatic carbocycles. The fourth-order valence-corrected chi connectivity index (χ4v) is 7.05. The Morgan fingerprint density at radius 3 is 1.49 bits per heavy atom. The number of aliphatic hydroxyl groups excluding tert-OH is 1. The van der Waals surface area contributed by atoms with Crippen molar-refractivity contribution in [1.29, 1.82) is 0 Å². The highest BCUT2D eigenvalue weighted by molar-refractivity contribution is 5.30. The predicted octanol–water partition coefficient (Wildman–Crippen LogP) is 10.3. The molecule has 316 valence electrons. The zero-order chi connectivity index (χ0) is 42.1. The average molecular weight is 801 g/mol. The molecule has 1 unspecified atom stereocenters. The predicted molar refractivity (Wildman–Crippen MR) is 240 cm³/mol. The van der Waals surface area contributed by atoms with Gasteiger partial charge in [-0.2, -0.15) is 0 Å². The zero-order valence-electron chi connectivity index (χ0n) is 36.4. The van der Waals surface area contributed by atoms with Crippen LogP contribution in [0.3, 0.4) is 0 Å². The summed E-state index contributed by atoms with van der Waals surface area (Å²) in [5, 5.41) is 15.3. The van der Waals surface area contributed by atoms with Crippen molar-refractivity contribution in [3.05, 3.63) is 173 Å². The van der Waals surface area contributed by atoms with E-state index in [2.05, 4.69) is 162 Å². The monoisotopic (exact) mass is 801 g/mol. The second kappa shape index (κ2) is 22.9. The van der Waals surface area contributed by atoms with Gasteiger partial charge in [0.1, 0.15) is 12.4 Å². The minimum Gasteiger partial charge on any atom is -0.489 e. The van der Waals surface area contributed by atoms with E-state index in [0.717, 1.165) is 22.4 Å². The Bertz CT molecular complexity index is 1820. The van der Waals surface area contributed by atoms with E-state index < -0.39 is 18.4 Å². The topological polar surface area (TPSA) is 72.4 Å². The van der Waals surface area contributed by atoms with Gasteiger partial charge in [0, 0.05) is 19.1 Å². The van der Waals surface area contributed by atoms with E-state index in [0.29, 0.717) is 45.9 Å². The van der Waals surface area contributed by atoms with E-state index in [4.69, 9.17) is 18.9 Å². The normalized spacial score (nSPS) is 14.3. The number of nitrogens with zero attached hydrogens (tertiary/aromatic N) is 1. The molecule has 0 spiro atoms. The van der Waals surface area contributed by atoms with Gasteiger partial charge in [0.2, 0.25) is 0 Å². The van der Waals surface area contributed by atoms with E-state index in [1.54, 1.807) is 0 Å². The number of nitrogens with one attached hydrogen (secondary N) is 1. The lowest BCUT2D eigenvalue weighted by atomic mass is 9.93. The first-order valence-electron chi connectivity index (χ1n) is 21.2. The molecule has 7 heteroatoms. The standard InChI is InChI=1S/C52H68N2O5/c1-40(50(58-38-51(2,3)4)59-39-52(5,6)7)53-47(35-55)49(57-37-44-27-18-11-19-28-44)48(32-45-29-20-30-46(31-45)56-36-43-25-16-10-17-26-43)54(33-41-21-12-8-13-22-41)34-42-23-14-9-15-24-42/h8-31,40,47-50,53,55H,32-39H2,1-7H3/t40-,47?,48+,49-/m1/s1. The first kappa shape index (κ1) is 45.7. The minimum atomic E-state index is -0.543. The van der Waals surface area contributed by atoms with Gasteiger partial charge in [-0.15, -0.1) is 0 Å². The van der Waals surface area contributed by atoms with Gasteiger partial charge in [0.05, 0.1) is 44.6 Å². The minimum absolute atomic E-state index is 0.0550. The number of ether oxygens (including phenoxy) is 4. The summed E-state index contributed by atoms with van der Waals surface area (Å²) in [6, 6.07) is 49.2. The van der Waals surface area contributed by atoms with E-state index in [-0.39, 0.29) is 29.5 Å². The molecule has 5 rings (SSSR count). The summed E-state index contributed by atoms with van der Waals surface area (Å²) < 4.78 is 26.5. The maximum Gasteiger partial charge on any atom is 0.172 e. The lowest BCUT2D eigenvalue weighted by Crippen LogP contribution is -2.59. The van der Waals surface area contributed by atoms with E-state index >= 15 is 0 Å². The van der Waals surface area contributed by atoms with Crippen LogP contribution in [-0.2, 0) is 46.9 Å². The fraction of sp³-hybridized carbons (Fsp3) is 0.423.